The number of fused-ring (bicyclic) bond motifs is 1. The van der Waals surface area contributed by atoms with Crippen molar-refractivity contribution in [1.29, 1.82) is 0 Å². The number of rotatable bonds is 0. The quantitative estimate of drug-likeness (QED) is 0.686. The minimum absolute atomic E-state index is 0.153. The molecule has 0 atom stereocenters. The van der Waals surface area contributed by atoms with Gasteiger partial charge in [-0.25, -0.2) is 4.98 Å². The van der Waals surface area contributed by atoms with Gasteiger partial charge in [-0.15, -0.1) is 0 Å². The maximum Gasteiger partial charge on any atom is 0.433 e. The van der Waals surface area contributed by atoms with Crippen LogP contribution in [0.4, 0.5) is 18.9 Å². The second kappa shape index (κ2) is 2.63. The van der Waals surface area contributed by atoms with Gasteiger partial charge in [0, 0.05) is 6.20 Å². The summed E-state index contributed by atoms with van der Waals surface area (Å²) < 4.78 is 36.7. The van der Waals surface area contributed by atoms with E-state index in [1.807, 2.05) is 0 Å². The van der Waals surface area contributed by atoms with Gasteiger partial charge in [-0.2, -0.15) is 13.2 Å². The molecular weight excluding hydrogens is 195 g/mol. The lowest BCUT2D eigenvalue weighted by Crippen LogP contribution is -2.07. The van der Waals surface area contributed by atoms with Crippen molar-refractivity contribution in [2.24, 2.45) is 0 Å². The van der Waals surface area contributed by atoms with Gasteiger partial charge in [0.1, 0.15) is 11.2 Å². The maximum atomic E-state index is 12.2. The molecule has 0 spiro atoms. The van der Waals surface area contributed by atoms with Gasteiger partial charge < -0.3 is 10.7 Å². The zero-order valence-electron chi connectivity index (χ0n) is 6.89. The van der Waals surface area contributed by atoms with Crippen LogP contribution in [0.25, 0.3) is 11.0 Å². The number of anilines is 1. The van der Waals surface area contributed by atoms with Crippen LogP contribution < -0.4 is 5.73 Å². The second-order valence-electron chi connectivity index (χ2n) is 2.83. The summed E-state index contributed by atoms with van der Waals surface area (Å²) in [4.78, 5) is 6.14. The molecule has 0 aliphatic rings. The Morgan fingerprint density at radius 3 is 2.64 bits per heavy atom. The first-order valence-electron chi connectivity index (χ1n) is 3.79. The fraction of sp³-hybridized carbons (Fsp3) is 0.125. The van der Waals surface area contributed by atoms with E-state index in [0.29, 0.717) is 5.52 Å². The number of aromatic amines is 1. The molecule has 0 aliphatic heterocycles. The molecule has 14 heavy (non-hydrogen) atoms. The predicted molar refractivity (Wildman–Crippen MR) is 45.5 cm³/mol. The van der Waals surface area contributed by atoms with Crippen molar-refractivity contribution in [3.8, 4) is 0 Å². The molecule has 0 amide bonds. The molecule has 0 fully saturated rings. The number of nitrogen functional groups attached to an aromatic ring is 1. The van der Waals surface area contributed by atoms with Crippen molar-refractivity contribution in [2.45, 2.75) is 6.18 Å². The highest BCUT2D eigenvalue weighted by Crippen LogP contribution is 2.29. The second-order valence-corrected chi connectivity index (χ2v) is 2.83. The molecule has 2 aromatic heterocycles. The molecule has 0 radical (unpaired) electrons. The summed E-state index contributed by atoms with van der Waals surface area (Å²) in [6, 6.07) is 2.22. The monoisotopic (exact) mass is 201 g/mol. The number of pyridine rings is 1. The summed E-state index contributed by atoms with van der Waals surface area (Å²) in [6.07, 6.45) is -3.02. The standard InChI is InChI=1S/C8H6F3N3/c9-8(10,11)6-2-1-5-7(14-6)4(12)3-13-5/h1-3,13H,12H2. The van der Waals surface area contributed by atoms with Gasteiger partial charge in [-0.3, -0.25) is 0 Å². The van der Waals surface area contributed by atoms with Gasteiger partial charge in [0.2, 0.25) is 0 Å². The van der Waals surface area contributed by atoms with E-state index in [0.717, 1.165) is 6.07 Å². The van der Waals surface area contributed by atoms with Crippen molar-refractivity contribution in [2.75, 3.05) is 5.73 Å². The van der Waals surface area contributed by atoms with E-state index in [9.17, 15) is 13.2 Å². The Labute approximate surface area is 76.7 Å². The number of halogens is 3. The molecule has 2 rings (SSSR count). The molecule has 2 heterocycles. The number of hydrogen-bond acceptors (Lipinski definition) is 2. The van der Waals surface area contributed by atoms with Crippen molar-refractivity contribution < 1.29 is 13.2 Å². The summed E-state index contributed by atoms with van der Waals surface area (Å²) in [6.45, 7) is 0. The van der Waals surface area contributed by atoms with Crippen LogP contribution >= 0.6 is 0 Å². The molecule has 0 unspecified atom stereocenters. The Kier molecular flexibility index (Phi) is 1.67. The number of nitrogens with zero attached hydrogens (tertiary/aromatic N) is 1. The number of nitrogens with two attached hydrogens (primary N) is 1. The number of hydrogen-bond donors (Lipinski definition) is 2. The van der Waals surface area contributed by atoms with E-state index in [2.05, 4.69) is 9.97 Å². The third kappa shape index (κ3) is 1.28. The van der Waals surface area contributed by atoms with E-state index in [1.165, 1.54) is 12.3 Å². The highest BCUT2D eigenvalue weighted by atomic mass is 19.4. The maximum absolute atomic E-state index is 12.2. The lowest BCUT2D eigenvalue weighted by molar-refractivity contribution is -0.140. The van der Waals surface area contributed by atoms with Crippen LogP contribution in [0.5, 0.6) is 0 Å². The van der Waals surface area contributed by atoms with Gasteiger partial charge in [0.25, 0.3) is 0 Å². The highest BCUT2D eigenvalue weighted by molar-refractivity contribution is 5.87. The lowest BCUT2D eigenvalue weighted by atomic mass is 10.3. The molecule has 3 nitrogen and oxygen atoms in total. The fourth-order valence-electron chi connectivity index (χ4n) is 1.18. The smallest absolute Gasteiger partial charge is 0.396 e. The minimum Gasteiger partial charge on any atom is -0.396 e. The highest BCUT2D eigenvalue weighted by Gasteiger charge is 2.32. The van der Waals surface area contributed by atoms with Crippen LogP contribution in [-0.2, 0) is 6.18 Å². The Hall–Kier alpha value is -1.72. The first kappa shape index (κ1) is 8.86. The summed E-state index contributed by atoms with van der Waals surface area (Å²) in [5.74, 6) is 0. The van der Waals surface area contributed by atoms with Crippen molar-refractivity contribution in [1.82, 2.24) is 9.97 Å². The summed E-state index contributed by atoms with van der Waals surface area (Å²) in [7, 11) is 0. The van der Waals surface area contributed by atoms with Gasteiger partial charge in [-0.1, -0.05) is 0 Å². The largest absolute Gasteiger partial charge is 0.433 e. The van der Waals surface area contributed by atoms with Gasteiger partial charge >= 0.3 is 6.18 Å². The summed E-state index contributed by atoms with van der Waals surface area (Å²) in [5.41, 5.74) is 5.36. The molecule has 6 heteroatoms. The zero-order valence-corrected chi connectivity index (χ0v) is 6.89. The van der Waals surface area contributed by atoms with Crippen LogP contribution in [0.3, 0.4) is 0 Å². The van der Waals surface area contributed by atoms with Crippen LogP contribution in [0.1, 0.15) is 5.69 Å². The molecular formula is C8H6F3N3. The first-order valence-corrected chi connectivity index (χ1v) is 3.79. The lowest BCUT2D eigenvalue weighted by Gasteiger charge is -2.04. The van der Waals surface area contributed by atoms with Crippen molar-refractivity contribution in [3.63, 3.8) is 0 Å². The van der Waals surface area contributed by atoms with Crippen LogP contribution in [0, 0.1) is 0 Å². The van der Waals surface area contributed by atoms with Gasteiger partial charge in [-0.05, 0) is 12.1 Å². The molecule has 74 valence electrons. The fourth-order valence-corrected chi connectivity index (χ4v) is 1.18. The number of alkyl halides is 3. The predicted octanol–water partition coefficient (Wildman–Crippen LogP) is 2.16. The average molecular weight is 201 g/mol. The molecule has 0 saturated heterocycles. The summed E-state index contributed by atoms with van der Waals surface area (Å²) in [5, 5.41) is 0. The molecule has 3 N–H and O–H groups in total. The number of aromatic nitrogens is 2. The molecule has 0 saturated carbocycles. The van der Waals surface area contributed by atoms with Crippen LogP contribution in [0.2, 0.25) is 0 Å². The molecule has 0 bridgehead atoms. The van der Waals surface area contributed by atoms with Crippen LogP contribution in [0.15, 0.2) is 18.3 Å². The SMILES string of the molecule is Nc1c[nH]c2ccc(C(F)(F)F)nc12. The molecule has 0 aliphatic carbocycles. The average Bonchev–Trinajstić information content (AvgIpc) is 2.46. The third-order valence-corrected chi connectivity index (χ3v) is 1.84. The van der Waals surface area contributed by atoms with E-state index in [4.69, 9.17) is 5.73 Å². The van der Waals surface area contributed by atoms with Crippen molar-refractivity contribution >= 4 is 16.7 Å². The Morgan fingerprint density at radius 2 is 2.00 bits per heavy atom. The third-order valence-electron chi connectivity index (χ3n) is 1.84. The van der Waals surface area contributed by atoms with Gasteiger partial charge in [0.05, 0.1) is 11.2 Å². The van der Waals surface area contributed by atoms with E-state index in [1.54, 1.807) is 0 Å². The Morgan fingerprint density at radius 1 is 1.29 bits per heavy atom. The van der Waals surface area contributed by atoms with E-state index in [-0.39, 0.29) is 11.2 Å². The number of nitrogens with one attached hydrogen (secondary N) is 1. The molecule has 2 aromatic rings. The van der Waals surface area contributed by atoms with E-state index < -0.39 is 11.9 Å². The van der Waals surface area contributed by atoms with Gasteiger partial charge in [0.15, 0.2) is 0 Å². The van der Waals surface area contributed by atoms with Crippen LogP contribution in [-0.4, -0.2) is 9.97 Å². The molecule has 0 aromatic carbocycles. The topological polar surface area (TPSA) is 54.7 Å². The minimum atomic E-state index is -4.43. The Balaban J connectivity index is 2.66. The summed E-state index contributed by atoms with van der Waals surface area (Å²) >= 11 is 0. The Bertz CT molecular complexity index is 472. The van der Waals surface area contributed by atoms with Crippen molar-refractivity contribution in [3.05, 3.63) is 24.0 Å². The van der Waals surface area contributed by atoms with E-state index >= 15 is 0 Å². The zero-order chi connectivity index (χ0) is 10.3. The number of H-pyrrole nitrogens is 1. The normalized spacial score (nSPS) is 12.2. The first-order chi connectivity index (χ1) is 6.48.